The molecule has 1 aromatic rings. The number of benzene rings is 1. The van der Waals surface area contributed by atoms with Crippen LogP contribution in [0.15, 0.2) is 18.2 Å². The Balaban J connectivity index is 2.38. The van der Waals surface area contributed by atoms with Crippen LogP contribution in [0.3, 0.4) is 0 Å². The summed E-state index contributed by atoms with van der Waals surface area (Å²) in [6, 6.07) is 5.94. The second kappa shape index (κ2) is 8.67. The highest BCUT2D eigenvalue weighted by Gasteiger charge is 2.02. The maximum absolute atomic E-state index is 6.15. The van der Waals surface area contributed by atoms with E-state index in [4.69, 9.17) is 16.3 Å². The number of nitrogens with one attached hydrogen (secondary N) is 1. The van der Waals surface area contributed by atoms with Crippen molar-refractivity contribution in [2.45, 2.75) is 19.9 Å². The molecule has 0 saturated carbocycles. The quantitative estimate of drug-likeness (QED) is 0.732. The van der Waals surface area contributed by atoms with E-state index in [9.17, 15) is 0 Å². The number of rotatable bonds is 8. The molecule has 1 aromatic carbocycles. The van der Waals surface area contributed by atoms with E-state index < -0.39 is 0 Å². The monoisotopic (exact) mass is 273 g/mol. The highest BCUT2D eigenvalue weighted by Crippen LogP contribution is 2.25. The van der Waals surface area contributed by atoms with Crippen LogP contribution in [0.25, 0.3) is 0 Å². The number of hydrogen-bond donors (Lipinski definition) is 1. The lowest BCUT2D eigenvalue weighted by molar-refractivity contribution is 0.319. The molecule has 0 aliphatic heterocycles. The minimum Gasteiger partial charge on any atom is -0.492 e. The standard InChI is InChI=1S/C13H20ClNOS/c1-3-17-8-4-7-16-13-6-5-11(10-15-2)9-12(13)14/h5-6,9,15H,3-4,7-8,10H2,1-2H3. The van der Waals surface area contributed by atoms with E-state index in [1.807, 2.05) is 37.0 Å². The fourth-order valence-electron chi connectivity index (χ4n) is 1.46. The molecule has 0 aliphatic carbocycles. The smallest absolute Gasteiger partial charge is 0.137 e. The minimum atomic E-state index is 0.695. The van der Waals surface area contributed by atoms with Gasteiger partial charge in [-0.15, -0.1) is 0 Å². The van der Waals surface area contributed by atoms with Crippen molar-refractivity contribution in [3.05, 3.63) is 28.8 Å². The van der Waals surface area contributed by atoms with Gasteiger partial charge in [-0.1, -0.05) is 24.6 Å². The Hall–Kier alpha value is -0.380. The molecule has 0 saturated heterocycles. The summed E-state index contributed by atoms with van der Waals surface area (Å²) in [6.45, 7) is 3.73. The van der Waals surface area contributed by atoms with Gasteiger partial charge in [0.1, 0.15) is 5.75 Å². The maximum Gasteiger partial charge on any atom is 0.137 e. The van der Waals surface area contributed by atoms with E-state index in [0.29, 0.717) is 5.02 Å². The third kappa shape index (κ3) is 5.66. The Morgan fingerprint density at radius 3 is 2.88 bits per heavy atom. The van der Waals surface area contributed by atoms with Gasteiger partial charge in [-0.3, -0.25) is 0 Å². The van der Waals surface area contributed by atoms with Crippen molar-refractivity contribution >= 4 is 23.4 Å². The van der Waals surface area contributed by atoms with Crippen LogP contribution < -0.4 is 10.1 Å². The number of halogens is 1. The van der Waals surface area contributed by atoms with Gasteiger partial charge in [0.2, 0.25) is 0 Å². The molecule has 2 nitrogen and oxygen atoms in total. The largest absolute Gasteiger partial charge is 0.492 e. The van der Waals surface area contributed by atoms with Crippen molar-refractivity contribution in [1.82, 2.24) is 5.32 Å². The topological polar surface area (TPSA) is 21.3 Å². The summed E-state index contributed by atoms with van der Waals surface area (Å²) in [4.78, 5) is 0. The lowest BCUT2D eigenvalue weighted by Gasteiger charge is -2.09. The van der Waals surface area contributed by atoms with E-state index in [-0.39, 0.29) is 0 Å². The molecule has 0 unspecified atom stereocenters. The normalized spacial score (nSPS) is 10.5. The van der Waals surface area contributed by atoms with Crippen molar-refractivity contribution in [1.29, 1.82) is 0 Å². The van der Waals surface area contributed by atoms with E-state index in [1.165, 1.54) is 11.3 Å². The Morgan fingerprint density at radius 2 is 2.24 bits per heavy atom. The number of hydrogen-bond acceptors (Lipinski definition) is 3. The Bertz CT molecular complexity index is 333. The van der Waals surface area contributed by atoms with Gasteiger partial charge in [-0.2, -0.15) is 11.8 Å². The van der Waals surface area contributed by atoms with Gasteiger partial charge in [0.15, 0.2) is 0 Å². The van der Waals surface area contributed by atoms with Crippen molar-refractivity contribution in [2.24, 2.45) is 0 Å². The average molecular weight is 274 g/mol. The molecule has 0 fully saturated rings. The molecule has 0 heterocycles. The molecule has 0 radical (unpaired) electrons. The first kappa shape index (κ1) is 14.7. The average Bonchev–Trinajstić information content (AvgIpc) is 2.32. The molecule has 0 spiro atoms. The molecule has 0 aliphatic rings. The highest BCUT2D eigenvalue weighted by atomic mass is 35.5. The lowest BCUT2D eigenvalue weighted by atomic mass is 10.2. The van der Waals surface area contributed by atoms with Gasteiger partial charge in [0.25, 0.3) is 0 Å². The summed E-state index contributed by atoms with van der Waals surface area (Å²) in [5, 5.41) is 3.79. The van der Waals surface area contributed by atoms with Crippen molar-refractivity contribution < 1.29 is 4.74 Å². The maximum atomic E-state index is 6.15. The van der Waals surface area contributed by atoms with Gasteiger partial charge >= 0.3 is 0 Å². The van der Waals surface area contributed by atoms with Crippen LogP contribution in [-0.4, -0.2) is 25.2 Å². The zero-order chi connectivity index (χ0) is 12.5. The van der Waals surface area contributed by atoms with Crippen molar-refractivity contribution in [2.75, 3.05) is 25.2 Å². The second-order valence-electron chi connectivity index (χ2n) is 3.69. The molecule has 0 bridgehead atoms. The number of thioether (sulfide) groups is 1. The Labute approximate surface area is 113 Å². The molecule has 17 heavy (non-hydrogen) atoms. The molecule has 4 heteroatoms. The molecule has 1 rings (SSSR count). The second-order valence-corrected chi connectivity index (χ2v) is 5.50. The van der Waals surface area contributed by atoms with E-state index in [0.717, 1.165) is 31.1 Å². The number of ether oxygens (including phenoxy) is 1. The summed E-state index contributed by atoms with van der Waals surface area (Å²) in [7, 11) is 1.92. The Kier molecular flexibility index (Phi) is 7.49. The van der Waals surface area contributed by atoms with Crippen LogP contribution in [0.5, 0.6) is 5.75 Å². The first-order chi connectivity index (χ1) is 8.27. The lowest BCUT2D eigenvalue weighted by Crippen LogP contribution is -2.05. The van der Waals surface area contributed by atoms with E-state index in [2.05, 4.69) is 12.2 Å². The molecule has 0 amide bonds. The van der Waals surface area contributed by atoms with Crippen LogP contribution in [0.4, 0.5) is 0 Å². The molecule has 0 atom stereocenters. The van der Waals surface area contributed by atoms with Gasteiger partial charge in [-0.05, 0) is 42.7 Å². The zero-order valence-corrected chi connectivity index (χ0v) is 12.0. The molecular weight excluding hydrogens is 254 g/mol. The predicted molar refractivity (Wildman–Crippen MR) is 77.3 cm³/mol. The van der Waals surface area contributed by atoms with Crippen molar-refractivity contribution in [3.8, 4) is 5.75 Å². The van der Waals surface area contributed by atoms with Crippen molar-refractivity contribution in [3.63, 3.8) is 0 Å². The summed E-state index contributed by atoms with van der Waals surface area (Å²) in [6.07, 6.45) is 1.06. The fraction of sp³-hybridized carbons (Fsp3) is 0.538. The highest BCUT2D eigenvalue weighted by molar-refractivity contribution is 7.99. The Morgan fingerprint density at radius 1 is 1.41 bits per heavy atom. The van der Waals surface area contributed by atoms with Gasteiger partial charge in [0, 0.05) is 6.54 Å². The first-order valence-corrected chi connectivity index (χ1v) is 7.44. The zero-order valence-electron chi connectivity index (χ0n) is 10.5. The van der Waals surface area contributed by atoms with E-state index in [1.54, 1.807) is 0 Å². The van der Waals surface area contributed by atoms with Crippen LogP contribution in [-0.2, 0) is 6.54 Å². The summed E-state index contributed by atoms with van der Waals surface area (Å²) < 4.78 is 5.65. The molecule has 0 aromatic heterocycles. The summed E-state index contributed by atoms with van der Waals surface area (Å²) in [5.74, 6) is 3.10. The summed E-state index contributed by atoms with van der Waals surface area (Å²) >= 11 is 8.08. The van der Waals surface area contributed by atoms with Crippen LogP contribution >= 0.6 is 23.4 Å². The molecular formula is C13H20ClNOS. The molecule has 1 N–H and O–H groups in total. The van der Waals surface area contributed by atoms with E-state index >= 15 is 0 Å². The first-order valence-electron chi connectivity index (χ1n) is 5.91. The van der Waals surface area contributed by atoms with Crippen LogP contribution in [0.2, 0.25) is 5.02 Å². The third-order valence-electron chi connectivity index (χ3n) is 2.27. The van der Waals surface area contributed by atoms with Gasteiger partial charge < -0.3 is 10.1 Å². The molecule has 96 valence electrons. The predicted octanol–water partition coefficient (Wildman–Crippen LogP) is 3.58. The van der Waals surface area contributed by atoms with Gasteiger partial charge in [0.05, 0.1) is 11.6 Å². The van der Waals surface area contributed by atoms with Crippen LogP contribution in [0.1, 0.15) is 18.9 Å². The third-order valence-corrected chi connectivity index (χ3v) is 3.55. The van der Waals surface area contributed by atoms with Crippen LogP contribution in [0, 0.1) is 0 Å². The summed E-state index contributed by atoms with van der Waals surface area (Å²) in [5.41, 5.74) is 1.17. The fourth-order valence-corrected chi connectivity index (χ4v) is 2.33. The minimum absolute atomic E-state index is 0.695. The van der Waals surface area contributed by atoms with Gasteiger partial charge in [-0.25, -0.2) is 0 Å². The SMILES string of the molecule is CCSCCCOc1ccc(CNC)cc1Cl.